The number of rotatable bonds is 7. The standard InChI is InChI=1S/C25H33N3O4/c1-27(16-19-5-4-8-26-15-19)17-23-14-25(18-32-23)6-9-28(10-7-25)24(29)20-11-21(30-2)13-22(12-20)31-3/h4-5,8,11-13,15,23H,6-7,9-10,14,16-18H2,1-3H3/t23-/m1/s1. The minimum Gasteiger partial charge on any atom is -0.497 e. The van der Waals surface area contributed by atoms with E-state index < -0.39 is 0 Å². The van der Waals surface area contributed by atoms with Gasteiger partial charge in [-0.2, -0.15) is 0 Å². The topological polar surface area (TPSA) is 64.1 Å². The van der Waals surface area contributed by atoms with Crippen molar-refractivity contribution in [3.63, 3.8) is 0 Å². The fraction of sp³-hybridized carbons (Fsp3) is 0.520. The normalized spacial score (nSPS) is 20.0. The van der Waals surface area contributed by atoms with Gasteiger partial charge in [-0.05, 0) is 55.5 Å². The average molecular weight is 440 g/mol. The molecule has 0 unspecified atom stereocenters. The highest BCUT2D eigenvalue weighted by Gasteiger charge is 2.43. The van der Waals surface area contributed by atoms with Crippen molar-refractivity contribution in [1.29, 1.82) is 0 Å². The molecule has 0 aliphatic carbocycles. The van der Waals surface area contributed by atoms with Crippen LogP contribution in [0.4, 0.5) is 0 Å². The number of hydrogen-bond acceptors (Lipinski definition) is 6. The fourth-order valence-corrected chi connectivity index (χ4v) is 4.87. The van der Waals surface area contributed by atoms with Crippen LogP contribution in [0.1, 0.15) is 35.2 Å². The molecule has 32 heavy (non-hydrogen) atoms. The number of piperidine rings is 1. The Hall–Kier alpha value is -2.64. The summed E-state index contributed by atoms with van der Waals surface area (Å²) in [5.74, 6) is 1.29. The van der Waals surface area contributed by atoms with Crippen molar-refractivity contribution in [1.82, 2.24) is 14.8 Å². The monoisotopic (exact) mass is 439 g/mol. The van der Waals surface area contributed by atoms with Crippen molar-refractivity contribution >= 4 is 5.91 Å². The molecule has 2 aliphatic heterocycles. The van der Waals surface area contributed by atoms with Crippen molar-refractivity contribution in [2.45, 2.75) is 31.9 Å². The van der Waals surface area contributed by atoms with E-state index in [9.17, 15) is 4.79 Å². The number of ether oxygens (including phenoxy) is 3. The van der Waals surface area contributed by atoms with E-state index in [2.05, 4.69) is 23.0 Å². The Morgan fingerprint density at radius 2 is 1.94 bits per heavy atom. The molecule has 2 aliphatic rings. The molecule has 172 valence electrons. The Morgan fingerprint density at radius 3 is 2.56 bits per heavy atom. The van der Waals surface area contributed by atoms with E-state index in [4.69, 9.17) is 14.2 Å². The summed E-state index contributed by atoms with van der Waals surface area (Å²) in [7, 11) is 5.32. The molecule has 0 N–H and O–H groups in total. The van der Waals surface area contributed by atoms with Crippen LogP contribution in [0.3, 0.4) is 0 Å². The second-order valence-corrected chi connectivity index (χ2v) is 9.09. The molecule has 7 nitrogen and oxygen atoms in total. The Morgan fingerprint density at radius 1 is 1.22 bits per heavy atom. The van der Waals surface area contributed by atoms with Gasteiger partial charge in [-0.25, -0.2) is 0 Å². The number of amides is 1. The first-order valence-corrected chi connectivity index (χ1v) is 11.2. The summed E-state index contributed by atoms with van der Waals surface area (Å²) >= 11 is 0. The maximum atomic E-state index is 13.1. The third-order valence-corrected chi connectivity index (χ3v) is 6.69. The predicted molar refractivity (Wildman–Crippen MR) is 122 cm³/mol. The lowest BCUT2D eigenvalue weighted by molar-refractivity contribution is 0.0456. The zero-order chi connectivity index (χ0) is 22.6. The smallest absolute Gasteiger partial charge is 0.254 e. The summed E-state index contributed by atoms with van der Waals surface area (Å²) in [5, 5.41) is 0. The van der Waals surface area contributed by atoms with Crippen LogP contribution in [0.15, 0.2) is 42.7 Å². The molecule has 0 radical (unpaired) electrons. The van der Waals surface area contributed by atoms with Crippen LogP contribution in [-0.2, 0) is 11.3 Å². The largest absolute Gasteiger partial charge is 0.497 e. The summed E-state index contributed by atoms with van der Waals surface area (Å²) in [5.41, 5.74) is 2.00. The SMILES string of the molecule is COc1cc(OC)cc(C(=O)N2CCC3(CC2)CO[C@@H](CN(C)Cc2cccnc2)C3)c1. The van der Waals surface area contributed by atoms with Crippen LogP contribution < -0.4 is 9.47 Å². The predicted octanol–water partition coefficient (Wildman–Crippen LogP) is 3.24. The Kier molecular flexibility index (Phi) is 6.96. The third-order valence-electron chi connectivity index (χ3n) is 6.69. The maximum absolute atomic E-state index is 13.1. The Labute approximate surface area is 190 Å². The van der Waals surface area contributed by atoms with E-state index in [1.165, 1.54) is 5.56 Å². The molecule has 3 heterocycles. The number of aromatic nitrogens is 1. The molecule has 4 rings (SSSR count). The lowest BCUT2D eigenvalue weighted by atomic mass is 9.76. The van der Waals surface area contributed by atoms with Gasteiger partial charge in [0.05, 0.1) is 26.9 Å². The molecule has 1 spiro atoms. The summed E-state index contributed by atoms with van der Waals surface area (Å²) in [6.45, 7) is 4.06. The van der Waals surface area contributed by atoms with Gasteiger partial charge in [-0.3, -0.25) is 14.7 Å². The Bertz CT molecular complexity index is 890. The van der Waals surface area contributed by atoms with Crippen molar-refractivity contribution in [3.05, 3.63) is 53.9 Å². The number of pyridine rings is 1. The summed E-state index contributed by atoms with van der Waals surface area (Å²) < 4.78 is 16.8. The first-order valence-electron chi connectivity index (χ1n) is 11.2. The highest BCUT2D eigenvalue weighted by molar-refractivity contribution is 5.95. The number of carbonyl (C=O) groups excluding carboxylic acids is 1. The summed E-state index contributed by atoms with van der Waals surface area (Å²) in [6.07, 6.45) is 6.96. The molecule has 2 saturated heterocycles. The highest BCUT2D eigenvalue weighted by Crippen LogP contribution is 2.42. The first kappa shape index (κ1) is 22.6. The van der Waals surface area contributed by atoms with Crippen LogP contribution >= 0.6 is 0 Å². The molecule has 2 fully saturated rings. The zero-order valence-electron chi connectivity index (χ0n) is 19.3. The minimum atomic E-state index is 0.0312. The van der Waals surface area contributed by atoms with Gasteiger partial charge in [0, 0.05) is 50.2 Å². The van der Waals surface area contributed by atoms with E-state index >= 15 is 0 Å². The van der Waals surface area contributed by atoms with Gasteiger partial charge in [0.15, 0.2) is 0 Å². The number of nitrogens with zero attached hydrogens (tertiary/aromatic N) is 3. The van der Waals surface area contributed by atoms with E-state index in [1.54, 1.807) is 38.6 Å². The minimum absolute atomic E-state index is 0.0312. The lowest BCUT2D eigenvalue weighted by Gasteiger charge is -2.38. The van der Waals surface area contributed by atoms with Crippen LogP contribution in [0.5, 0.6) is 11.5 Å². The number of likely N-dealkylation sites (N-methyl/N-ethyl adjacent to an activating group) is 1. The third kappa shape index (κ3) is 5.22. The molecule has 0 saturated carbocycles. The van der Waals surface area contributed by atoms with Crippen molar-refractivity contribution < 1.29 is 19.0 Å². The number of hydrogen-bond donors (Lipinski definition) is 0. The molecule has 7 heteroatoms. The zero-order valence-corrected chi connectivity index (χ0v) is 19.3. The van der Waals surface area contributed by atoms with Gasteiger partial charge in [0.2, 0.25) is 0 Å². The van der Waals surface area contributed by atoms with Crippen LogP contribution in [0.2, 0.25) is 0 Å². The molecular formula is C25H33N3O4. The Balaban J connectivity index is 1.30. The van der Waals surface area contributed by atoms with Gasteiger partial charge in [0.25, 0.3) is 5.91 Å². The summed E-state index contributed by atoms with van der Waals surface area (Å²) in [4.78, 5) is 21.5. The second kappa shape index (κ2) is 9.88. The second-order valence-electron chi connectivity index (χ2n) is 9.09. The highest BCUT2D eigenvalue weighted by atomic mass is 16.5. The number of methoxy groups -OCH3 is 2. The van der Waals surface area contributed by atoms with Gasteiger partial charge in [-0.1, -0.05) is 6.07 Å². The lowest BCUT2D eigenvalue weighted by Crippen LogP contribution is -2.43. The molecule has 0 bridgehead atoms. The van der Waals surface area contributed by atoms with E-state index in [1.807, 2.05) is 17.2 Å². The van der Waals surface area contributed by atoms with Crippen molar-refractivity contribution in [2.75, 3.05) is 47.5 Å². The fourth-order valence-electron chi connectivity index (χ4n) is 4.87. The molecule has 1 atom stereocenters. The molecule has 1 amide bonds. The van der Waals surface area contributed by atoms with Crippen LogP contribution in [0, 0.1) is 5.41 Å². The molecule has 1 aromatic heterocycles. The number of carbonyl (C=O) groups is 1. The van der Waals surface area contributed by atoms with E-state index in [0.717, 1.165) is 52.0 Å². The van der Waals surface area contributed by atoms with Gasteiger partial charge in [-0.15, -0.1) is 0 Å². The molecular weight excluding hydrogens is 406 g/mol. The van der Waals surface area contributed by atoms with E-state index in [-0.39, 0.29) is 17.4 Å². The maximum Gasteiger partial charge on any atom is 0.254 e. The van der Waals surface area contributed by atoms with Crippen LogP contribution in [0.25, 0.3) is 0 Å². The first-order chi connectivity index (χ1) is 15.5. The van der Waals surface area contributed by atoms with Gasteiger partial charge >= 0.3 is 0 Å². The van der Waals surface area contributed by atoms with Crippen molar-refractivity contribution in [3.8, 4) is 11.5 Å². The number of likely N-dealkylation sites (tertiary alicyclic amines) is 1. The molecule has 2 aromatic rings. The van der Waals surface area contributed by atoms with Crippen molar-refractivity contribution in [2.24, 2.45) is 5.41 Å². The van der Waals surface area contributed by atoms with Gasteiger partial charge < -0.3 is 19.1 Å². The van der Waals surface area contributed by atoms with Gasteiger partial charge in [0.1, 0.15) is 11.5 Å². The van der Waals surface area contributed by atoms with E-state index in [0.29, 0.717) is 17.1 Å². The summed E-state index contributed by atoms with van der Waals surface area (Å²) in [6, 6.07) is 9.42. The molecule has 1 aromatic carbocycles. The number of benzene rings is 1. The van der Waals surface area contributed by atoms with Crippen LogP contribution in [-0.4, -0.2) is 74.3 Å². The quantitative estimate of drug-likeness (QED) is 0.660. The average Bonchev–Trinajstić information content (AvgIpc) is 3.20.